The Morgan fingerprint density at radius 2 is 2.07 bits per heavy atom. The fourth-order valence-electron chi connectivity index (χ4n) is 4.74. The molecular formula is C23H26ClN3O3. The zero-order chi connectivity index (χ0) is 21.5. The zero-order valence-electron chi connectivity index (χ0n) is 17.3. The quantitative estimate of drug-likeness (QED) is 0.669. The van der Waals surface area contributed by atoms with Crippen molar-refractivity contribution >= 4 is 34.8 Å². The Kier molecular flexibility index (Phi) is 5.47. The van der Waals surface area contributed by atoms with Crippen LogP contribution in [0.2, 0.25) is 5.02 Å². The van der Waals surface area contributed by atoms with E-state index in [0.717, 1.165) is 17.7 Å². The van der Waals surface area contributed by atoms with Crippen molar-refractivity contribution in [2.24, 2.45) is 11.8 Å². The molecule has 1 saturated heterocycles. The van der Waals surface area contributed by atoms with Crippen LogP contribution in [-0.4, -0.2) is 25.0 Å². The Morgan fingerprint density at radius 3 is 2.80 bits per heavy atom. The summed E-state index contributed by atoms with van der Waals surface area (Å²) >= 11 is 6.12. The minimum Gasteiger partial charge on any atom is -0.495 e. The summed E-state index contributed by atoms with van der Waals surface area (Å²) in [4.78, 5) is 26.7. The number of ether oxygens (including phenoxy) is 1. The molecule has 0 unspecified atom stereocenters. The fourth-order valence-corrected chi connectivity index (χ4v) is 4.91. The van der Waals surface area contributed by atoms with E-state index in [-0.39, 0.29) is 17.9 Å². The molecule has 0 aromatic heterocycles. The minimum absolute atomic E-state index is 0.0545. The molecule has 3 atom stereocenters. The molecule has 2 heterocycles. The van der Waals surface area contributed by atoms with Gasteiger partial charge in [-0.05, 0) is 43.0 Å². The highest BCUT2D eigenvalue weighted by Crippen LogP contribution is 2.48. The lowest BCUT2D eigenvalue weighted by molar-refractivity contribution is -0.130. The number of para-hydroxylation sites is 1. The first-order chi connectivity index (χ1) is 14.3. The Hall–Kier alpha value is -2.57. The Morgan fingerprint density at radius 1 is 1.30 bits per heavy atom. The van der Waals surface area contributed by atoms with Gasteiger partial charge < -0.3 is 15.4 Å². The van der Waals surface area contributed by atoms with E-state index in [4.69, 9.17) is 16.3 Å². The molecule has 2 aromatic rings. The van der Waals surface area contributed by atoms with Crippen molar-refractivity contribution in [1.82, 2.24) is 5.32 Å². The average molecular weight is 428 g/mol. The number of hydrogen-bond acceptors (Lipinski definition) is 4. The summed E-state index contributed by atoms with van der Waals surface area (Å²) in [6.45, 7) is 4.28. The van der Waals surface area contributed by atoms with Crippen LogP contribution >= 0.6 is 11.6 Å². The molecule has 2 amide bonds. The molecule has 1 fully saturated rings. The molecule has 0 saturated carbocycles. The Labute approximate surface area is 181 Å². The van der Waals surface area contributed by atoms with E-state index >= 15 is 0 Å². The second-order valence-corrected chi connectivity index (χ2v) is 8.84. The number of carbonyl (C=O) groups excluding carboxylic acids is 2. The summed E-state index contributed by atoms with van der Waals surface area (Å²) < 4.78 is 5.36. The first-order valence-corrected chi connectivity index (χ1v) is 10.6. The van der Waals surface area contributed by atoms with Crippen LogP contribution in [0.15, 0.2) is 42.5 Å². The lowest BCUT2D eigenvalue weighted by Gasteiger charge is -2.29. The topological polar surface area (TPSA) is 79.5 Å². The van der Waals surface area contributed by atoms with Gasteiger partial charge in [0.1, 0.15) is 11.3 Å². The number of hydrogen-bond donors (Lipinski definition) is 3. The predicted molar refractivity (Wildman–Crippen MR) is 118 cm³/mol. The van der Waals surface area contributed by atoms with Gasteiger partial charge in [-0.25, -0.2) is 0 Å². The molecule has 2 aliphatic heterocycles. The van der Waals surface area contributed by atoms with Gasteiger partial charge in [0.2, 0.25) is 11.8 Å². The summed E-state index contributed by atoms with van der Waals surface area (Å²) in [6, 6.07) is 12.7. The molecule has 1 spiro atoms. The van der Waals surface area contributed by atoms with Crippen molar-refractivity contribution in [2.75, 3.05) is 17.7 Å². The first kappa shape index (κ1) is 20.7. The molecule has 4 rings (SSSR count). The van der Waals surface area contributed by atoms with Gasteiger partial charge >= 0.3 is 0 Å². The van der Waals surface area contributed by atoms with E-state index < -0.39 is 11.5 Å². The Bertz CT molecular complexity index is 993. The van der Waals surface area contributed by atoms with E-state index in [9.17, 15) is 9.59 Å². The molecule has 0 aliphatic carbocycles. The van der Waals surface area contributed by atoms with E-state index in [0.29, 0.717) is 28.8 Å². The molecule has 3 N–H and O–H groups in total. The van der Waals surface area contributed by atoms with Gasteiger partial charge in [0.15, 0.2) is 0 Å². The first-order valence-electron chi connectivity index (χ1n) is 10.2. The van der Waals surface area contributed by atoms with E-state index in [1.165, 1.54) is 7.11 Å². The molecular weight excluding hydrogens is 402 g/mol. The number of anilines is 2. The standard InChI is InChI=1S/C23H26ClN3O3/c1-13(2)10-15-12-17(21(28)25-19-11-14(24)8-9-20(19)30-3)23(27-15)16-6-4-5-7-18(16)26-22(23)29/h4-9,11,13,15,17,27H,10,12H2,1-3H3,(H,25,28)(H,26,29)/t15-,17-,23-/m0/s1. The molecule has 2 aliphatic rings. The molecule has 0 radical (unpaired) electrons. The van der Waals surface area contributed by atoms with Crippen LogP contribution in [0.1, 0.15) is 32.3 Å². The number of carbonyl (C=O) groups is 2. The second kappa shape index (κ2) is 7.93. The van der Waals surface area contributed by atoms with Crippen LogP contribution in [0.5, 0.6) is 5.75 Å². The molecule has 6 nitrogen and oxygen atoms in total. The van der Waals surface area contributed by atoms with Crippen molar-refractivity contribution in [3.05, 3.63) is 53.1 Å². The number of fused-ring (bicyclic) bond motifs is 2. The summed E-state index contributed by atoms with van der Waals surface area (Å²) in [5, 5.41) is 9.93. The third kappa shape index (κ3) is 3.44. The van der Waals surface area contributed by atoms with Crippen LogP contribution in [0.4, 0.5) is 11.4 Å². The van der Waals surface area contributed by atoms with E-state index in [2.05, 4.69) is 29.8 Å². The maximum absolute atomic E-state index is 13.5. The maximum Gasteiger partial charge on any atom is 0.250 e. The largest absolute Gasteiger partial charge is 0.495 e. The van der Waals surface area contributed by atoms with Gasteiger partial charge in [0.05, 0.1) is 18.7 Å². The van der Waals surface area contributed by atoms with Crippen LogP contribution in [0, 0.1) is 11.8 Å². The molecule has 7 heteroatoms. The van der Waals surface area contributed by atoms with Gasteiger partial charge in [0, 0.05) is 22.3 Å². The van der Waals surface area contributed by atoms with Crippen molar-refractivity contribution in [3.8, 4) is 5.75 Å². The monoisotopic (exact) mass is 427 g/mol. The normalized spacial score (nSPS) is 24.8. The number of amides is 2. The minimum atomic E-state index is -1.09. The van der Waals surface area contributed by atoms with Crippen molar-refractivity contribution in [3.63, 3.8) is 0 Å². The molecule has 0 bridgehead atoms. The van der Waals surface area contributed by atoms with Gasteiger partial charge in [-0.3, -0.25) is 14.9 Å². The smallest absolute Gasteiger partial charge is 0.250 e. The van der Waals surface area contributed by atoms with Crippen LogP contribution in [0.3, 0.4) is 0 Å². The maximum atomic E-state index is 13.5. The summed E-state index contributed by atoms with van der Waals surface area (Å²) in [5.41, 5.74) is 0.966. The third-order valence-corrected chi connectivity index (χ3v) is 6.16. The number of methoxy groups -OCH3 is 1. The molecule has 30 heavy (non-hydrogen) atoms. The van der Waals surface area contributed by atoms with Crippen LogP contribution in [-0.2, 0) is 15.1 Å². The lowest BCUT2D eigenvalue weighted by Crippen LogP contribution is -2.52. The summed E-state index contributed by atoms with van der Waals surface area (Å²) in [5.74, 6) is -0.0419. The predicted octanol–water partition coefficient (Wildman–Crippen LogP) is 4.16. The van der Waals surface area contributed by atoms with Crippen LogP contribution < -0.4 is 20.7 Å². The SMILES string of the molecule is COc1ccc(Cl)cc1NC(=O)[C@@H]1C[C@H](CC(C)C)N[C@]12C(=O)Nc1ccccc12. The number of benzene rings is 2. The summed E-state index contributed by atoms with van der Waals surface area (Å²) in [7, 11) is 1.54. The van der Waals surface area contributed by atoms with Crippen molar-refractivity contribution in [2.45, 2.75) is 38.3 Å². The third-order valence-electron chi connectivity index (χ3n) is 5.92. The van der Waals surface area contributed by atoms with Gasteiger partial charge in [-0.1, -0.05) is 43.6 Å². The average Bonchev–Trinajstić information content (AvgIpc) is 3.20. The molecule has 158 valence electrons. The van der Waals surface area contributed by atoms with Crippen molar-refractivity contribution in [1.29, 1.82) is 0 Å². The lowest BCUT2D eigenvalue weighted by atomic mass is 9.79. The van der Waals surface area contributed by atoms with Gasteiger partial charge in [-0.2, -0.15) is 0 Å². The van der Waals surface area contributed by atoms with E-state index in [1.807, 2.05) is 24.3 Å². The highest BCUT2D eigenvalue weighted by Gasteiger charge is 2.60. The second-order valence-electron chi connectivity index (χ2n) is 8.40. The zero-order valence-corrected chi connectivity index (χ0v) is 18.0. The van der Waals surface area contributed by atoms with E-state index in [1.54, 1.807) is 18.2 Å². The number of rotatable bonds is 5. The Balaban J connectivity index is 1.72. The highest BCUT2D eigenvalue weighted by molar-refractivity contribution is 6.31. The fraction of sp³-hybridized carbons (Fsp3) is 0.391. The van der Waals surface area contributed by atoms with Gasteiger partial charge in [0.25, 0.3) is 0 Å². The summed E-state index contributed by atoms with van der Waals surface area (Å²) in [6.07, 6.45) is 1.44. The highest BCUT2D eigenvalue weighted by atomic mass is 35.5. The van der Waals surface area contributed by atoms with Crippen molar-refractivity contribution < 1.29 is 14.3 Å². The van der Waals surface area contributed by atoms with Gasteiger partial charge in [-0.15, -0.1) is 0 Å². The number of nitrogens with one attached hydrogen (secondary N) is 3. The number of halogens is 1. The van der Waals surface area contributed by atoms with Crippen LogP contribution in [0.25, 0.3) is 0 Å². The molecule has 2 aromatic carbocycles.